The summed E-state index contributed by atoms with van der Waals surface area (Å²) in [6, 6.07) is 2.00. The van der Waals surface area contributed by atoms with Crippen LogP contribution in [0.3, 0.4) is 0 Å². The van der Waals surface area contributed by atoms with E-state index < -0.39 is 76.2 Å². The summed E-state index contributed by atoms with van der Waals surface area (Å²) in [5, 5.41) is 15.0. The zero-order chi connectivity index (χ0) is 40.2. The molecule has 1 saturated heterocycles. The van der Waals surface area contributed by atoms with E-state index >= 15 is 0 Å². The molecular formula is C39H54N2O13. The van der Waals surface area contributed by atoms with Gasteiger partial charge in [0.15, 0.2) is 23.7 Å². The summed E-state index contributed by atoms with van der Waals surface area (Å²) in [7, 11) is 1.96. The van der Waals surface area contributed by atoms with Crippen molar-refractivity contribution in [3.8, 4) is 11.5 Å². The van der Waals surface area contributed by atoms with Gasteiger partial charge in [-0.3, -0.25) is 4.79 Å². The fourth-order valence-electron chi connectivity index (χ4n) is 7.71. The number of carbonyl (C=O) groups is 5. The highest BCUT2D eigenvalue weighted by Crippen LogP contribution is 2.65. The first-order valence-corrected chi connectivity index (χ1v) is 18.3. The van der Waals surface area contributed by atoms with Crippen LogP contribution in [0.15, 0.2) is 24.0 Å². The Morgan fingerprint density at radius 1 is 0.944 bits per heavy atom. The van der Waals surface area contributed by atoms with E-state index in [2.05, 4.69) is 10.2 Å². The Morgan fingerprint density at radius 3 is 2.22 bits per heavy atom. The number of nitrogens with one attached hydrogen (secondary N) is 1. The number of aliphatic hydroxyl groups is 1. The summed E-state index contributed by atoms with van der Waals surface area (Å²) in [5.41, 5.74) is -3.21. The van der Waals surface area contributed by atoms with Crippen molar-refractivity contribution in [2.24, 2.45) is 0 Å². The lowest BCUT2D eigenvalue weighted by Gasteiger charge is -2.61. The van der Waals surface area contributed by atoms with E-state index in [1.165, 1.54) is 6.92 Å². The van der Waals surface area contributed by atoms with Crippen molar-refractivity contribution in [3.05, 3.63) is 35.1 Å². The number of rotatable bonds is 9. The zero-order valence-corrected chi connectivity index (χ0v) is 33.1. The van der Waals surface area contributed by atoms with Gasteiger partial charge in [0.1, 0.15) is 28.6 Å². The number of likely N-dealkylation sites (N-methyl/N-ethyl adjacent to an activating group) is 1. The quantitative estimate of drug-likeness (QED) is 0.199. The highest BCUT2D eigenvalue weighted by Gasteiger charge is 2.72. The summed E-state index contributed by atoms with van der Waals surface area (Å²) in [6.07, 6.45) is -1.93. The van der Waals surface area contributed by atoms with E-state index in [9.17, 15) is 29.1 Å². The minimum absolute atomic E-state index is 0.116. The van der Waals surface area contributed by atoms with Crippen molar-refractivity contribution in [3.63, 3.8) is 0 Å². The number of hydrogen-bond acceptors (Lipinski definition) is 14. The van der Waals surface area contributed by atoms with Crippen LogP contribution in [0, 0.1) is 0 Å². The van der Waals surface area contributed by atoms with E-state index in [1.54, 1.807) is 74.5 Å². The third-order valence-corrected chi connectivity index (χ3v) is 9.80. The van der Waals surface area contributed by atoms with Crippen LogP contribution in [0.25, 0.3) is 0 Å². The molecule has 1 aromatic carbocycles. The van der Waals surface area contributed by atoms with Gasteiger partial charge in [0, 0.05) is 24.4 Å². The second kappa shape index (κ2) is 14.4. The SMILES string of the molecule is C[C@H](OC(=O)CC[C@H](NC(=O)OC(C)(C)C)C(=O)OC(C)(C)C)C(=O)OC1=CC[C@@]2(O)[C@@H]3Cc4ccc(OC(=O)OC(C)(C)C)c5c4[C@@]2(CCN3C)[C@H]1O5. The van der Waals surface area contributed by atoms with Gasteiger partial charge in [0.25, 0.3) is 0 Å². The Kier molecular flexibility index (Phi) is 10.9. The van der Waals surface area contributed by atoms with E-state index in [1.807, 2.05) is 13.1 Å². The number of esters is 3. The first kappa shape index (κ1) is 40.8. The molecule has 1 amide bonds. The average Bonchev–Trinajstić information content (AvgIpc) is 3.36. The number of benzene rings is 1. The van der Waals surface area contributed by atoms with Crippen LogP contribution in [-0.4, -0.2) is 100 Å². The highest BCUT2D eigenvalue weighted by atomic mass is 16.7. The molecule has 5 rings (SSSR count). The molecule has 2 bridgehead atoms. The first-order valence-electron chi connectivity index (χ1n) is 18.3. The maximum atomic E-state index is 13.5. The van der Waals surface area contributed by atoms with Crippen molar-refractivity contribution < 1.29 is 62.2 Å². The number of nitrogens with zero attached hydrogens (tertiary/aromatic N) is 1. The predicted octanol–water partition coefficient (Wildman–Crippen LogP) is 4.77. The molecule has 4 aliphatic rings. The van der Waals surface area contributed by atoms with Crippen molar-refractivity contribution >= 4 is 30.2 Å². The van der Waals surface area contributed by atoms with Crippen LogP contribution in [0.2, 0.25) is 0 Å². The van der Waals surface area contributed by atoms with Gasteiger partial charge in [-0.05, 0) is 120 Å². The van der Waals surface area contributed by atoms with Gasteiger partial charge in [-0.25, -0.2) is 19.2 Å². The first-order chi connectivity index (χ1) is 24.8. The summed E-state index contributed by atoms with van der Waals surface area (Å²) >= 11 is 0. The largest absolute Gasteiger partial charge is 0.514 e. The molecule has 2 aliphatic carbocycles. The van der Waals surface area contributed by atoms with Gasteiger partial charge in [-0.15, -0.1) is 0 Å². The number of likely N-dealkylation sites (tertiary alicyclic amines) is 1. The second-order valence-corrected chi connectivity index (χ2v) is 17.5. The van der Waals surface area contributed by atoms with Crippen LogP contribution in [0.5, 0.6) is 11.5 Å². The number of hydrogen-bond donors (Lipinski definition) is 2. The van der Waals surface area contributed by atoms with Crippen LogP contribution in [-0.2, 0) is 49.9 Å². The molecule has 6 atom stereocenters. The van der Waals surface area contributed by atoms with Gasteiger partial charge in [0.2, 0.25) is 0 Å². The van der Waals surface area contributed by atoms with Gasteiger partial charge >= 0.3 is 30.2 Å². The molecule has 54 heavy (non-hydrogen) atoms. The number of amides is 1. The van der Waals surface area contributed by atoms with Crippen LogP contribution in [0.1, 0.15) is 106 Å². The Morgan fingerprint density at radius 2 is 1.59 bits per heavy atom. The molecule has 0 aromatic heterocycles. The fourth-order valence-corrected chi connectivity index (χ4v) is 7.71. The second-order valence-electron chi connectivity index (χ2n) is 17.5. The van der Waals surface area contributed by atoms with E-state index in [0.29, 0.717) is 24.9 Å². The Balaban J connectivity index is 1.31. The summed E-state index contributed by atoms with van der Waals surface area (Å²) in [6.45, 7) is 17.1. The third-order valence-electron chi connectivity index (χ3n) is 9.80. The van der Waals surface area contributed by atoms with E-state index in [-0.39, 0.29) is 42.6 Å². The third kappa shape index (κ3) is 8.31. The predicted molar refractivity (Wildman–Crippen MR) is 192 cm³/mol. The Labute approximate surface area is 315 Å². The van der Waals surface area contributed by atoms with Gasteiger partial charge in [-0.1, -0.05) is 6.07 Å². The Hall–Kier alpha value is -4.37. The normalized spacial score (nSPS) is 25.4. The van der Waals surface area contributed by atoms with Crippen LogP contribution >= 0.6 is 0 Å². The topological polar surface area (TPSA) is 185 Å². The highest BCUT2D eigenvalue weighted by molar-refractivity contribution is 5.83. The van der Waals surface area contributed by atoms with Crippen LogP contribution < -0.4 is 14.8 Å². The van der Waals surface area contributed by atoms with Gasteiger partial charge in [-0.2, -0.15) is 0 Å². The van der Waals surface area contributed by atoms with Crippen molar-refractivity contribution in [2.75, 3.05) is 13.6 Å². The van der Waals surface area contributed by atoms with E-state index in [0.717, 1.165) is 5.56 Å². The lowest BCUT2D eigenvalue weighted by atomic mass is 9.50. The standard InChI is InChI=1S/C39H54N2O13/c1-21(48-27(42)15-13-23(32(44)52-35(2,3)4)40-33(45)53-36(5,6)7)31(43)49-25-16-17-39(47)26-20-22-12-14-24(50-34(46)54-37(8,9)10)29-28(22)38(39,30(25)51-29)18-19-41(26)11/h12,14,16,21,23,26,30,47H,13,15,17-20H2,1-11H3,(H,40,45)/t21-,23-,26-,30-,38-,39+/m0/s1. The Bertz CT molecular complexity index is 1720. The summed E-state index contributed by atoms with van der Waals surface area (Å²) in [5.74, 6) is -1.96. The number of alkyl carbamates (subject to hydrolysis) is 1. The molecule has 298 valence electrons. The summed E-state index contributed by atoms with van der Waals surface area (Å²) < 4.78 is 39.6. The van der Waals surface area contributed by atoms with Gasteiger partial charge in [0.05, 0.1) is 11.0 Å². The minimum Gasteiger partial charge on any atom is -0.477 e. The molecule has 2 N–H and O–H groups in total. The average molecular weight is 759 g/mol. The molecule has 0 unspecified atom stereocenters. The minimum atomic E-state index is -1.38. The monoisotopic (exact) mass is 758 g/mol. The fraction of sp³-hybridized carbons (Fsp3) is 0.667. The van der Waals surface area contributed by atoms with Crippen molar-refractivity contribution in [1.82, 2.24) is 10.2 Å². The molecule has 1 aromatic rings. The number of ether oxygens (including phenoxy) is 7. The van der Waals surface area contributed by atoms with Crippen LogP contribution in [0.4, 0.5) is 9.59 Å². The number of carbonyl (C=O) groups excluding carboxylic acids is 5. The van der Waals surface area contributed by atoms with Crippen molar-refractivity contribution in [1.29, 1.82) is 0 Å². The molecule has 15 heteroatoms. The van der Waals surface area contributed by atoms with Gasteiger partial charge < -0.3 is 48.5 Å². The molecule has 15 nitrogen and oxygen atoms in total. The molecule has 2 aliphatic heterocycles. The number of piperidine rings is 1. The molecule has 1 spiro atoms. The maximum absolute atomic E-state index is 13.5. The maximum Gasteiger partial charge on any atom is 0.514 e. The molecule has 1 fully saturated rings. The molecular weight excluding hydrogens is 704 g/mol. The lowest BCUT2D eigenvalue weighted by Crippen LogP contribution is -2.74. The van der Waals surface area contributed by atoms with Crippen molar-refractivity contribution in [2.45, 2.75) is 153 Å². The molecule has 0 radical (unpaired) electrons. The lowest BCUT2D eigenvalue weighted by molar-refractivity contribution is -0.175. The zero-order valence-electron chi connectivity index (χ0n) is 33.1. The molecule has 2 heterocycles. The smallest absolute Gasteiger partial charge is 0.477 e. The van der Waals surface area contributed by atoms with E-state index in [4.69, 9.17) is 33.2 Å². The summed E-state index contributed by atoms with van der Waals surface area (Å²) in [4.78, 5) is 66.7. The molecule has 0 saturated carbocycles.